The second kappa shape index (κ2) is 6.78. The number of carbonyl (C=O) groups excluding carboxylic acids is 1. The normalized spacial score (nSPS) is 14.8. The number of nitrogens with two attached hydrogens (primary N) is 1. The summed E-state index contributed by atoms with van der Waals surface area (Å²) in [7, 11) is 0. The van der Waals surface area contributed by atoms with E-state index in [2.05, 4.69) is 9.88 Å². The van der Waals surface area contributed by atoms with Crippen LogP contribution in [0.3, 0.4) is 0 Å². The van der Waals surface area contributed by atoms with Crippen LogP contribution in [0.4, 0.5) is 10.8 Å². The van der Waals surface area contributed by atoms with Crippen molar-refractivity contribution in [1.29, 1.82) is 0 Å². The fourth-order valence-corrected chi connectivity index (χ4v) is 4.40. The van der Waals surface area contributed by atoms with Crippen LogP contribution >= 0.6 is 22.9 Å². The minimum absolute atomic E-state index is 0.0879. The fourth-order valence-electron chi connectivity index (χ4n) is 3.39. The average molecular weight is 387 g/mol. The van der Waals surface area contributed by atoms with Gasteiger partial charge in [-0.25, -0.2) is 4.98 Å². The van der Waals surface area contributed by atoms with Crippen LogP contribution < -0.4 is 10.6 Å². The molecule has 1 fully saturated rings. The molecule has 134 valence electrons. The van der Waals surface area contributed by atoms with Crippen LogP contribution in [0.2, 0.25) is 5.02 Å². The third kappa shape index (κ3) is 2.99. The van der Waals surface area contributed by atoms with Gasteiger partial charge in [0.15, 0.2) is 5.13 Å². The Morgan fingerprint density at radius 1 is 1.15 bits per heavy atom. The van der Waals surface area contributed by atoms with Gasteiger partial charge in [-0.05, 0) is 30.7 Å². The molecule has 0 aliphatic carbocycles. The van der Waals surface area contributed by atoms with Crippen LogP contribution in [0.1, 0.15) is 15.9 Å². The molecule has 2 heterocycles. The summed E-state index contributed by atoms with van der Waals surface area (Å²) in [6.07, 6.45) is 0. The minimum atomic E-state index is 0.0879. The summed E-state index contributed by atoms with van der Waals surface area (Å²) in [5.74, 6) is 0.0879. The van der Waals surface area contributed by atoms with Gasteiger partial charge in [0.1, 0.15) is 5.52 Å². The van der Waals surface area contributed by atoms with Crippen molar-refractivity contribution in [3.05, 3.63) is 52.5 Å². The number of benzene rings is 2. The van der Waals surface area contributed by atoms with Gasteiger partial charge >= 0.3 is 0 Å². The molecule has 1 aliphatic heterocycles. The molecule has 0 bridgehead atoms. The average Bonchev–Trinajstić information content (AvgIpc) is 3.02. The first-order valence-corrected chi connectivity index (χ1v) is 9.68. The number of aromatic nitrogens is 1. The third-order valence-corrected chi connectivity index (χ3v) is 5.91. The van der Waals surface area contributed by atoms with Crippen molar-refractivity contribution >= 4 is 49.9 Å². The number of nitrogens with zero attached hydrogens (tertiary/aromatic N) is 3. The van der Waals surface area contributed by atoms with E-state index in [0.29, 0.717) is 36.3 Å². The second-order valence-electron chi connectivity index (χ2n) is 6.39. The van der Waals surface area contributed by atoms with Crippen LogP contribution in [-0.4, -0.2) is 42.0 Å². The zero-order chi connectivity index (χ0) is 18.3. The summed E-state index contributed by atoms with van der Waals surface area (Å²) >= 11 is 7.92. The van der Waals surface area contributed by atoms with Gasteiger partial charge in [0.05, 0.1) is 15.4 Å². The molecule has 0 unspecified atom stereocenters. The smallest absolute Gasteiger partial charge is 0.254 e. The number of hydrogen-bond acceptors (Lipinski definition) is 5. The maximum absolute atomic E-state index is 12.8. The Morgan fingerprint density at radius 3 is 2.62 bits per heavy atom. The Morgan fingerprint density at radius 2 is 1.88 bits per heavy atom. The molecular weight excluding hydrogens is 368 g/mol. The van der Waals surface area contributed by atoms with E-state index in [1.54, 1.807) is 0 Å². The highest BCUT2D eigenvalue weighted by atomic mass is 35.5. The van der Waals surface area contributed by atoms with Gasteiger partial charge in [0.25, 0.3) is 5.91 Å². The van der Waals surface area contributed by atoms with Gasteiger partial charge in [0.2, 0.25) is 0 Å². The molecule has 7 heteroatoms. The van der Waals surface area contributed by atoms with E-state index in [-0.39, 0.29) is 5.91 Å². The van der Waals surface area contributed by atoms with E-state index in [0.717, 1.165) is 27.0 Å². The summed E-state index contributed by atoms with van der Waals surface area (Å²) < 4.78 is 1.03. The number of anilines is 2. The van der Waals surface area contributed by atoms with Crippen LogP contribution in [0.15, 0.2) is 36.4 Å². The Bertz CT molecular complexity index is 979. The van der Waals surface area contributed by atoms with Crippen molar-refractivity contribution < 1.29 is 4.79 Å². The molecule has 4 rings (SSSR count). The highest BCUT2D eigenvalue weighted by Crippen LogP contribution is 2.37. The molecule has 1 aromatic heterocycles. The van der Waals surface area contributed by atoms with Crippen LogP contribution in [-0.2, 0) is 0 Å². The van der Waals surface area contributed by atoms with E-state index in [9.17, 15) is 4.79 Å². The summed E-state index contributed by atoms with van der Waals surface area (Å²) in [6.45, 7) is 4.71. The quantitative estimate of drug-likeness (QED) is 0.727. The largest absolute Gasteiger partial charge is 0.375 e. The number of fused-ring (bicyclic) bond motifs is 1. The number of amides is 1. The molecule has 3 aromatic rings. The van der Waals surface area contributed by atoms with Crippen LogP contribution in [0, 0.1) is 6.92 Å². The molecule has 26 heavy (non-hydrogen) atoms. The summed E-state index contributed by atoms with van der Waals surface area (Å²) in [5.41, 5.74) is 9.41. The van der Waals surface area contributed by atoms with E-state index in [1.807, 2.05) is 48.2 Å². The lowest BCUT2D eigenvalue weighted by Gasteiger charge is -2.36. The Kier molecular flexibility index (Phi) is 4.46. The maximum Gasteiger partial charge on any atom is 0.254 e. The summed E-state index contributed by atoms with van der Waals surface area (Å²) in [6, 6.07) is 11.6. The van der Waals surface area contributed by atoms with Gasteiger partial charge in [0, 0.05) is 31.7 Å². The zero-order valence-corrected chi connectivity index (χ0v) is 16.0. The number of thiazole rings is 1. The number of carbonyl (C=O) groups is 1. The Labute approximate surface area is 161 Å². The van der Waals surface area contributed by atoms with E-state index in [1.165, 1.54) is 11.3 Å². The van der Waals surface area contributed by atoms with Crippen molar-refractivity contribution in [2.75, 3.05) is 36.8 Å². The molecule has 5 nitrogen and oxygen atoms in total. The summed E-state index contributed by atoms with van der Waals surface area (Å²) in [4.78, 5) is 21.4. The molecule has 0 radical (unpaired) electrons. The SMILES string of the molecule is Cc1ccccc1C(=O)N1CCN(c2c(Cl)ccc3sc(N)nc23)CC1. The number of nitrogen functional groups attached to an aromatic ring is 1. The first-order valence-electron chi connectivity index (χ1n) is 8.49. The van der Waals surface area contributed by atoms with Gasteiger partial charge in [-0.15, -0.1) is 0 Å². The molecule has 2 N–H and O–H groups in total. The van der Waals surface area contributed by atoms with E-state index < -0.39 is 0 Å². The third-order valence-electron chi connectivity index (χ3n) is 4.76. The Balaban J connectivity index is 1.55. The number of aryl methyl sites for hydroxylation is 1. The van der Waals surface area contributed by atoms with Gasteiger partial charge < -0.3 is 15.5 Å². The van der Waals surface area contributed by atoms with Crippen molar-refractivity contribution in [3.63, 3.8) is 0 Å². The highest BCUT2D eigenvalue weighted by molar-refractivity contribution is 7.22. The van der Waals surface area contributed by atoms with Crippen molar-refractivity contribution in [3.8, 4) is 0 Å². The summed E-state index contributed by atoms with van der Waals surface area (Å²) in [5, 5.41) is 1.21. The molecule has 2 aromatic carbocycles. The van der Waals surface area contributed by atoms with Crippen LogP contribution in [0.25, 0.3) is 10.2 Å². The van der Waals surface area contributed by atoms with Crippen molar-refractivity contribution in [1.82, 2.24) is 9.88 Å². The van der Waals surface area contributed by atoms with Crippen molar-refractivity contribution in [2.45, 2.75) is 6.92 Å². The van der Waals surface area contributed by atoms with Gasteiger partial charge in [-0.1, -0.05) is 41.1 Å². The molecule has 1 amide bonds. The van der Waals surface area contributed by atoms with Crippen molar-refractivity contribution in [2.24, 2.45) is 0 Å². The molecule has 0 spiro atoms. The standard InChI is InChI=1S/C19H19ClN4OS/c1-12-4-2-3-5-13(12)18(25)24-10-8-23(9-11-24)17-14(20)6-7-15-16(17)22-19(21)26-15/h2-7H,8-11H2,1H3,(H2,21,22). The lowest BCUT2D eigenvalue weighted by molar-refractivity contribution is 0.0746. The van der Waals surface area contributed by atoms with E-state index in [4.69, 9.17) is 17.3 Å². The lowest BCUT2D eigenvalue weighted by Crippen LogP contribution is -2.49. The second-order valence-corrected chi connectivity index (χ2v) is 7.86. The zero-order valence-electron chi connectivity index (χ0n) is 14.4. The topological polar surface area (TPSA) is 62.5 Å². The first-order chi connectivity index (χ1) is 12.5. The minimum Gasteiger partial charge on any atom is -0.375 e. The van der Waals surface area contributed by atoms with Gasteiger partial charge in [-0.3, -0.25) is 4.79 Å². The fraction of sp³-hybridized carbons (Fsp3) is 0.263. The first kappa shape index (κ1) is 17.1. The molecule has 1 aliphatic rings. The molecule has 0 saturated carbocycles. The number of rotatable bonds is 2. The van der Waals surface area contributed by atoms with Crippen LogP contribution in [0.5, 0.6) is 0 Å². The highest BCUT2D eigenvalue weighted by Gasteiger charge is 2.25. The number of piperazine rings is 1. The number of hydrogen-bond donors (Lipinski definition) is 1. The molecule has 0 atom stereocenters. The molecule has 1 saturated heterocycles. The Hall–Kier alpha value is -2.31. The lowest BCUT2D eigenvalue weighted by atomic mass is 10.1. The predicted octanol–water partition coefficient (Wildman–Crippen LogP) is 3.80. The van der Waals surface area contributed by atoms with Gasteiger partial charge in [-0.2, -0.15) is 0 Å². The van der Waals surface area contributed by atoms with E-state index >= 15 is 0 Å². The predicted molar refractivity (Wildman–Crippen MR) is 108 cm³/mol. The monoisotopic (exact) mass is 386 g/mol. The maximum atomic E-state index is 12.8. The number of halogens is 1. The molecular formula is C19H19ClN4OS.